The van der Waals surface area contributed by atoms with E-state index >= 15 is 0 Å². The van der Waals surface area contributed by atoms with Crippen LogP contribution in [0.15, 0.2) is 54.6 Å². The van der Waals surface area contributed by atoms with E-state index < -0.39 is 0 Å². The Morgan fingerprint density at radius 2 is 1.60 bits per heavy atom. The van der Waals surface area contributed by atoms with Gasteiger partial charge in [-0.3, -0.25) is 10.1 Å². The highest BCUT2D eigenvalue weighted by Crippen LogP contribution is 2.38. The zero-order valence-corrected chi connectivity index (χ0v) is 14.4. The van der Waals surface area contributed by atoms with Crippen LogP contribution in [-0.2, 0) is 4.79 Å². The molecule has 4 aromatic carbocycles. The van der Waals surface area contributed by atoms with Crippen LogP contribution in [0.25, 0.3) is 32.3 Å². The summed E-state index contributed by atoms with van der Waals surface area (Å²) < 4.78 is 0. The minimum atomic E-state index is -0.203. The van der Waals surface area contributed by atoms with Crippen LogP contribution in [0.4, 0.5) is 0 Å². The normalized spacial score (nSPS) is 12.2. The molecule has 0 aliphatic rings. The standard InChI is InChI=1S/C23H19NO/c1-3-14-24-23(25)18(4-2)19-12-10-17-9-8-15-6-5-7-16-11-13-20(19)22(17)21(15)16/h5-13,18H,4H2,1-2H3,(H,24,25). The van der Waals surface area contributed by atoms with Crippen molar-refractivity contribution in [2.75, 3.05) is 0 Å². The lowest BCUT2D eigenvalue weighted by atomic mass is 9.86. The molecular weight excluding hydrogens is 306 g/mol. The van der Waals surface area contributed by atoms with Crippen LogP contribution in [0.1, 0.15) is 31.7 Å². The first kappa shape index (κ1) is 15.5. The fourth-order valence-electron chi connectivity index (χ4n) is 3.82. The molecule has 4 aromatic rings. The largest absolute Gasteiger partial charge is 0.285 e. The molecule has 0 saturated carbocycles. The molecule has 0 saturated heterocycles. The Bertz CT molecular complexity index is 1130. The van der Waals surface area contributed by atoms with Gasteiger partial charge in [-0.05, 0) is 51.2 Å². The van der Waals surface area contributed by atoms with E-state index in [0.29, 0.717) is 0 Å². The third-order valence-corrected chi connectivity index (χ3v) is 4.97. The Morgan fingerprint density at radius 3 is 2.28 bits per heavy atom. The van der Waals surface area contributed by atoms with Crippen molar-refractivity contribution in [2.24, 2.45) is 0 Å². The summed E-state index contributed by atoms with van der Waals surface area (Å²) in [5, 5.41) is 10.1. The predicted molar refractivity (Wildman–Crippen MR) is 105 cm³/mol. The first-order valence-electron chi connectivity index (χ1n) is 8.62. The first-order valence-corrected chi connectivity index (χ1v) is 8.62. The molecule has 1 amide bonds. The van der Waals surface area contributed by atoms with E-state index in [4.69, 9.17) is 0 Å². The molecular formula is C23H19NO. The van der Waals surface area contributed by atoms with Gasteiger partial charge in [-0.15, -0.1) is 0 Å². The van der Waals surface area contributed by atoms with E-state index in [1.807, 2.05) is 6.92 Å². The smallest absolute Gasteiger partial charge is 0.238 e. The molecule has 0 aliphatic heterocycles. The van der Waals surface area contributed by atoms with Crippen molar-refractivity contribution in [3.63, 3.8) is 0 Å². The zero-order chi connectivity index (χ0) is 17.4. The zero-order valence-electron chi connectivity index (χ0n) is 14.4. The molecule has 25 heavy (non-hydrogen) atoms. The molecule has 4 rings (SSSR count). The van der Waals surface area contributed by atoms with Crippen molar-refractivity contribution in [2.45, 2.75) is 26.2 Å². The molecule has 2 heteroatoms. The van der Waals surface area contributed by atoms with Gasteiger partial charge < -0.3 is 0 Å². The molecule has 0 spiro atoms. The summed E-state index contributed by atoms with van der Waals surface area (Å²) in [6.07, 6.45) is 0.737. The lowest BCUT2D eigenvalue weighted by Gasteiger charge is -2.18. The van der Waals surface area contributed by atoms with E-state index in [1.165, 1.54) is 26.9 Å². The van der Waals surface area contributed by atoms with E-state index in [0.717, 1.165) is 17.4 Å². The summed E-state index contributed by atoms with van der Waals surface area (Å²) >= 11 is 0. The third-order valence-electron chi connectivity index (χ3n) is 4.97. The van der Waals surface area contributed by atoms with Gasteiger partial charge in [0, 0.05) is 6.04 Å². The van der Waals surface area contributed by atoms with Gasteiger partial charge in [0.15, 0.2) is 0 Å². The van der Waals surface area contributed by atoms with Gasteiger partial charge in [0.05, 0.1) is 5.92 Å². The lowest BCUT2D eigenvalue weighted by molar-refractivity contribution is -0.121. The number of benzene rings is 4. The summed E-state index contributed by atoms with van der Waals surface area (Å²) in [5.41, 5.74) is 1.07. The maximum Gasteiger partial charge on any atom is 0.238 e. The van der Waals surface area contributed by atoms with Crippen molar-refractivity contribution >= 4 is 38.2 Å². The molecule has 0 radical (unpaired) electrons. The Morgan fingerprint density at radius 1 is 0.960 bits per heavy atom. The van der Waals surface area contributed by atoms with Crippen molar-refractivity contribution in [3.05, 3.63) is 60.2 Å². The Kier molecular flexibility index (Phi) is 3.78. The van der Waals surface area contributed by atoms with Crippen molar-refractivity contribution in [3.8, 4) is 12.0 Å². The van der Waals surface area contributed by atoms with Crippen LogP contribution in [-0.4, -0.2) is 5.91 Å². The SMILES string of the molecule is CC#CNC(=O)C(CC)c1ccc2ccc3cccc4ccc1c2c34. The van der Waals surface area contributed by atoms with Gasteiger partial charge in [0.25, 0.3) is 0 Å². The molecule has 0 aliphatic carbocycles. The third kappa shape index (κ3) is 2.40. The molecule has 0 bridgehead atoms. The second-order valence-electron chi connectivity index (χ2n) is 6.34. The highest BCUT2D eigenvalue weighted by molar-refractivity contribution is 6.23. The fourth-order valence-corrected chi connectivity index (χ4v) is 3.82. The topological polar surface area (TPSA) is 29.1 Å². The highest BCUT2D eigenvalue weighted by atomic mass is 16.1. The van der Waals surface area contributed by atoms with Gasteiger partial charge in [-0.1, -0.05) is 67.4 Å². The summed E-state index contributed by atoms with van der Waals surface area (Å²) in [5.74, 6) is 2.49. The number of nitrogens with one attached hydrogen (secondary N) is 1. The Hall–Kier alpha value is -3.05. The van der Waals surface area contributed by atoms with Crippen LogP contribution in [0.5, 0.6) is 0 Å². The minimum Gasteiger partial charge on any atom is -0.285 e. The molecule has 1 N–H and O–H groups in total. The van der Waals surface area contributed by atoms with Gasteiger partial charge in [0.1, 0.15) is 0 Å². The Balaban J connectivity index is 2.01. The average Bonchev–Trinajstić information content (AvgIpc) is 2.66. The second kappa shape index (κ2) is 6.11. The molecule has 0 fully saturated rings. The van der Waals surface area contributed by atoms with Crippen LogP contribution in [0.2, 0.25) is 0 Å². The van der Waals surface area contributed by atoms with Crippen molar-refractivity contribution < 1.29 is 4.79 Å². The summed E-state index contributed by atoms with van der Waals surface area (Å²) in [7, 11) is 0. The first-order chi connectivity index (χ1) is 12.2. The molecule has 0 heterocycles. The van der Waals surface area contributed by atoms with E-state index in [2.05, 4.69) is 71.9 Å². The predicted octanol–water partition coefficient (Wildman–Crippen LogP) is 5.17. The van der Waals surface area contributed by atoms with Crippen molar-refractivity contribution in [1.82, 2.24) is 5.32 Å². The molecule has 1 unspecified atom stereocenters. The highest BCUT2D eigenvalue weighted by Gasteiger charge is 2.21. The molecule has 122 valence electrons. The van der Waals surface area contributed by atoms with Crippen LogP contribution in [0.3, 0.4) is 0 Å². The van der Waals surface area contributed by atoms with Crippen molar-refractivity contribution in [1.29, 1.82) is 0 Å². The average molecular weight is 325 g/mol. The van der Waals surface area contributed by atoms with E-state index in [1.54, 1.807) is 6.92 Å². The minimum absolute atomic E-state index is 0.0353. The summed E-state index contributed by atoms with van der Waals surface area (Å²) in [6, 6.07) is 21.9. The van der Waals surface area contributed by atoms with Crippen LogP contribution in [0, 0.1) is 12.0 Å². The summed E-state index contributed by atoms with van der Waals surface area (Å²) in [6.45, 7) is 3.76. The van der Waals surface area contributed by atoms with Crippen LogP contribution >= 0.6 is 0 Å². The van der Waals surface area contributed by atoms with E-state index in [-0.39, 0.29) is 11.8 Å². The number of carbonyl (C=O) groups excluding carboxylic acids is 1. The number of rotatable bonds is 3. The fraction of sp³-hybridized carbons (Fsp3) is 0.174. The molecule has 0 aromatic heterocycles. The summed E-state index contributed by atoms with van der Waals surface area (Å²) in [4.78, 5) is 12.6. The number of hydrogen-bond acceptors (Lipinski definition) is 1. The van der Waals surface area contributed by atoms with E-state index in [9.17, 15) is 4.79 Å². The van der Waals surface area contributed by atoms with Gasteiger partial charge >= 0.3 is 0 Å². The second-order valence-corrected chi connectivity index (χ2v) is 6.34. The monoisotopic (exact) mass is 325 g/mol. The molecule has 1 atom stereocenters. The maximum atomic E-state index is 12.6. The van der Waals surface area contributed by atoms with Gasteiger partial charge in [-0.2, -0.15) is 0 Å². The Labute approximate surface area is 147 Å². The number of hydrogen-bond donors (Lipinski definition) is 1. The number of amides is 1. The molecule has 2 nitrogen and oxygen atoms in total. The lowest BCUT2D eigenvalue weighted by Crippen LogP contribution is -2.25. The van der Waals surface area contributed by atoms with Gasteiger partial charge in [0.2, 0.25) is 5.91 Å². The van der Waals surface area contributed by atoms with Gasteiger partial charge in [-0.25, -0.2) is 0 Å². The number of carbonyl (C=O) groups is 1. The maximum absolute atomic E-state index is 12.6. The van der Waals surface area contributed by atoms with Crippen LogP contribution < -0.4 is 5.32 Å². The quantitative estimate of drug-likeness (QED) is 0.314.